The Morgan fingerprint density at radius 1 is 1.42 bits per heavy atom. The molecule has 0 fully saturated rings. The maximum atomic E-state index is 12.4. The minimum Gasteiger partial charge on any atom is -0.492 e. The van der Waals surface area contributed by atoms with E-state index in [1.807, 2.05) is 38.1 Å². The monoisotopic (exact) mass is 329 g/mol. The van der Waals surface area contributed by atoms with Crippen LogP contribution in [-0.2, 0) is 17.9 Å². The summed E-state index contributed by atoms with van der Waals surface area (Å²) in [6.45, 7) is 7.02. The van der Waals surface area contributed by atoms with Gasteiger partial charge in [0, 0.05) is 25.2 Å². The van der Waals surface area contributed by atoms with Crippen LogP contribution in [0.1, 0.15) is 31.3 Å². The highest BCUT2D eigenvalue weighted by molar-refractivity contribution is 5.78. The summed E-state index contributed by atoms with van der Waals surface area (Å²) < 4.78 is 7.53. The number of rotatable bonds is 5. The van der Waals surface area contributed by atoms with Crippen LogP contribution < -0.4 is 10.1 Å². The zero-order valence-electron chi connectivity index (χ0n) is 14.1. The Balaban J connectivity index is 1.59. The van der Waals surface area contributed by atoms with Gasteiger partial charge >= 0.3 is 0 Å². The largest absolute Gasteiger partial charge is 0.492 e. The number of nitrogens with one attached hydrogen (secondary N) is 1. The molecular weight excluding hydrogens is 306 g/mol. The van der Waals surface area contributed by atoms with Crippen molar-refractivity contribution in [3.63, 3.8) is 0 Å². The van der Waals surface area contributed by atoms with E-state index in [4.69, 9.17) is 4.74 Å². The average Bonchev–Trinajstić information content (AvgIpc) is 2.96. The number of aryl methyl sites for hydroxylation is 1. The number of ether oxygens (including phenoxy) is 1. The molecule has 7 nitrogen and oxygen atoms in total. The second-order valence-electron chi connectivity index (χ2n) is 5.89. The fourth-order valence-corrected chi connectivity index (χ4v) is 2.92. The lowest BCUT2D eigenvalue weighted by molar-refractivity contribution is -0.123. The molecule has 0 saturated carbocycles. The molecule has 24 heavy (non-hydrogen) atoms. The summed E-state index contributed by atoms with van der Waals surface area (Å²) in [5.74, 6) is 1.66. The van der Waals surface area contributed by atoms with Crippen molar-refractivity contribution >= 4 is 5.91 Å². The SMILES string of the molecule is CCn1ncnc1[C@@H](C)NC(=O)CN1CCOc2ccccc2C1. The Hall–Kier alpha value is -2.41. The molecule has 0 aliphatic carbocycles. The zero-order valence-corrected chi connectivity index (χ0v) is 14.1. The van der Waals surface area contributed by atoms with Gasteiger partial charge in [0.25, 0.3) is 0 Å². The summed E-state index contributed by atoms with van der Waals surface area (Å²) in [7, 11) is 0. The van der Waals surface area contributed by atoms with Gasteiger partial charge < -0.3 is 10.1 Å². The number of carbonyl (C=O) groups is 1. The highest BCUT2D eigenvalue weighted by Crippen LogP contribution is 2.22. The van der Waals surface area contributed by atoms with E-state index in [0.29, 0.717) is 19.7 Å². The highest BCUT2D eigenvalue weighted by atomic mass is 16.5. The van der Waals surface area contributed by atoms with Crippen molar-refractivity contribution in [1.29, 1.82) is 0 Å². The molecule has 0 spiro atoms. The number of fused-ring (bicyclic) bond motifs is 1. The number of carbonyl (C=O) groups excluding carboxylic acids is 1. The molecule has 1 aliphatic rings. The fraction of sp³-hybridized carbons (Fsp3) is 0.471. The summed E-state index contributed by atoms with van der Waals surface area (Å²) in [5, 5.41) is 7.15. The number of para-hydroxylation sites is 1. The molecule has 0 unspecified atom stereocenters. The minimum atomic E-state index is -0.171. The van der Waals surface area contributed by atoms with Crippen molar-refractivity contribution in [1.82, 2.24) is 25.0 Å². The molecule has 1 amide bonds. The van der Waals surface area contributed by atoms with Gasteiger partial charge in [-0.3, -0.25) is 9.69 Å². The normalized spacial score (nSPS) is 15.9. The smallest absolute Gasteiger partial charge is 0.234 e. The fourth-order valence-electron chi connectivity index (χ4n) is 2.92. The number of amides is 1. The van der Waals surface area contributed by atoms with Gasteiger partial charge in [-0.05, 0) is 19.9 Å². The molecule has 1 N–H and O–H groups in total. The second kappa shape index (κ2) is 7.44. The van der Waals surface area contributed by atoms with Crippen molar-refractivity contribution in [2.24, 2.45) is 0 Å². The summed E-state index contributed by atoms with van der Waals surface area (Å²) >= 11 is 0. The molecule has 1 aromatic carbocycles. The average molecular weight is 329 g/mol. The van der Waals surface area contributed by atoms with Crippen molar-refractivity contribution in [2.45, 2.75) is 33.0 Å². The second-order valence-corrected chi connectivity index (χ2v) is 5.89. The van der Waals surface area contributed by atoms with E-state index in [1.54, 1.807) is 4.68 Å². The Kier molecular flexibility index (Phi) is 5.10. The van der Waals surface area contributed by atoms with Gasteiger partial charge in [0.2, 0.25) is 5.91 Å². The maximum absolute atomic E-state index is 12.4. The molecule has 3 rings (SSSR count). The van der Waals surface area contributed by atoms with Crippen LogP contribution in [0.5, 0.6) is 5.75 Å². The van der Waals surface area contributed by atoms with E-state index < -0.39 is 0 Å². The van der Waals surface area contributed by atoms with E-state index in [0.717, 1.165) is 30.2 Å². The predicted molar refractivity (Wildman–Crippen MR) is 89.5 cm³/mol. The van der Waals surface area contributed by atoms with Crippen LogP contribution in [0.4, 0.5) is 0 Å². The summed E-state index contributed by atoms with van der Waals surface area (Å²) in [6, 6.07) is 7.80. The van der Waals surface area contributed by atoms with Gasteiger partial charge in [0.05, 0.1) is 12.6 Å². The molecule has 2 aromatic rings. The van der Waals surface area contributed by atoms with Crippen LogP contribution in [0, 0.1) is 0 Å². The Labute approximate surface area is 141 Å². The Morgan fingerprint density at radius 3 is 3.08 bits per heavy atom. The van der Waals surface area contributed by atoms with E-state index in [9.17, 15) is 4.79 Å². The summed E-state index contributed by atoms with van der Waals surface area (Å²) in [4.78, 5) is 18.7. The maximum Gasteiger partial charge on any atom is 0.234 e. The van der Waals surface area contributed by atoms with Crippen LogP contribution in [-0.4, -0.2) is 45.3 Å². The molecule has 0 saturated heterocycles. The highest BCUT2D eigenvalue weighted by Gasteiger charge is 2.20. The molecule has 0 bridgehead atoms. The van der Waals surface area contributed by atoms with Gasteiger partial charge in [-0.25, -0.2) is 9.67 Å². The number of hydrogen-bond donors (Lipinski definition) is 1. The molecule has 128 valence electrons. The molecule has 1 aliphatic heterocycles. The molecule has 7 heteroatoms. The van der Waals surface area contributed by atoms with Crippen LogP contribution in [0.3, 0.4) is 0 Å². The third kappa shape index (κ3) is 3.73. The van der Waals surface area contributed by atoms with Crippen molar-refractivity contribution in [3.05, 3.63) is 42.0 Å². The third-order valence-electron chi connectivity index (χ3n) is 4.11. The van der Waals surface area contributed by atoms with E-state index >= 15 is 0 Å². The standard InChI is InChI=1S/C17H23N5O2/c1-3-22-17(18-12-19-22)13(2)20-16(23)11-21-8-9-24-15-7-5-4-6-14(15)10-21/h4-7,12-13H,3,8-11H2,1-2H3,(H,20,23)/t13-/m1/s1. The van der Waals surface area contributed by atoms with E-state index in [2.05, 4.69) is 20.3 Å². The van der Waals surface area contributed by atoms with Gasteiger partial charge in [-0.2, -0.15) is 5.10 Å². The first kappa shape index (κ1) is 16.4. The Morgan fingerprint density at radius 2 is 2.25 bits per heavy atom. The lowest BCUT2D eigenvalue weighted by atomic mass is 10.2. The lowest BCUT2D eigenvalue weighted by Crippen LogP contribution is -2.39. The first-order valence-corrected chi connectivity index (χ1v) is 8.27. The van der Waals surface area contributed by atoms with Crippen LogP contribution in [0.2, 0.25) is 0 Å². The predicted octanol–water partition coefficient (Wildman–Crippen LogP) is 1.37. The number of nitrogens with zero attached hydrogens (tertiary/aromatic N) is 4. The quantitative estimate of drug-likeness (QED) is 0.897. The first-order chi connectivity index (χ1) is 11.7. The van der Waals surface area contributed by atoms with Crippen molar-refractivity contribution in [3.8, 4) is 5.75 Å². The molecule has 1 atom stereocenters. The summed E-state index contributed by atoms with van der Waals surface area (Å²) in [6.07, 6.45) is 1.52. The Bertz CT molecular complexity index is 700. The lowest BCUT2D eigenvalue weighted by Gasteiger charge is -2.20. The van der Waals surface area contributed by atoms with Crippen LogP contribution in [0.25, 0.3) is 0 Å². The van der Waals surface area contributed by atoms with Gasteiger partial charge in [-0.1, -0.05) is 18.2 Å². The van der Waals surface area contributed by atoms with Gasteiger partial charge in [0.15, 0.2) is 0 Å². The first-order valence-electron chi connectivity index (χ1n) is 8.27. The molecular formula is C17H23N5O2. The van der Waals surface area contributed by atoms with Crippen molar-refractivity contribution in [2.75, 3.05) is 19.7 Å². The van der Waals surface area contributed by atoms with E-state index in [-0.39, 0.29) is 11.9 Å². The molecule has 0 radical (unpaired) electrons. The number of aromatic nitrogens is 3. The third-order valence-corrected chi connectivity index (χ3v) is 4.11. The topological polar surface area (TPSA) is 72.3 Å². The van der Waals surface area contributed by atoms with Crippen LogP contribution >= 0.6 is 0 Å². The zero-order chi connectivity index (χ0) is 16.9. The van der Waals surface area contributed by atoms with Crippen molar-refractivity contribution < 1.29 is 9.53 Å². The summed E-state index contributed by atoms with van der Waals surface area (Å²) in [5.41, 5.74) is 1.11. The van der Waals surface area contributed by atoms with Gasteiger partial charge in [0.1, 0.15) is 24.5 Å². The minimum absolute atomic E-state index is 0.0208. The number of hydrogen-bond acceptors (Lipinski definition) is 5. The van der Waals surface area contributed by atoms with Gasteiger partial charge in [-0.15, -0.1) is 0 Å². The molecule has 1 aromatic heterocycles. The number of benzene rings is 1. The van der Waals surface area contributed by atoms with Crippen LogP contribution in [0.15, 0.2) is 30.6 Å². The van der Waals surface area contributed by atoms with E-state index in [1.165, 1.54) is 6.33 Å². The molecule has 2 heterocycles.